The van der Waals surface area contributed by atoms with Crippen molar-refractivity contribution in [1.82, 2.24) is 4.98 Å². The average Bonchev–Trinajstić information content (AvgIpc) is 2.57. The fourth-order valence-corrected chi connectivity index (χ4v) is 1.64. The highest BCUT2D eigenvalue weighted by Gasteiger charge is 2.17. The number of ether oxygens (including phenoxy) is 1. The van der Waals surface area contributed by atoms with Crippen LogP contribution < -0.4 is 0 Å². The molecule has 0 radical (unpaired) electrons. The van der Waals surface area contributed by atoms with Gasteiger partial charge in [-0.05, 0) is 26.0 Å². The molecule has 84 valence electrons. The predicted molar refractivity (Wildman–Crippen MR) is 60.7 cm³/mol. The van der Waals surface area contributed by atoms with E-state index in [9.17, 15) is 9.90 Å². The van der Waals surface area contributed by atoms with Gasteiger partial charge in [0.15, 0.2) is 11.4 Å². The van der Waals surface area contributed by atoms with Crippen LogP contribution in [0.4, 0.5) is 0 Å². The van der Waals surface area contributed by atoms with Gasteiger partial charge in [-0.1, -0.05) is 11.6 Å². The number of carbonyl (C=O) groups is 1. The first-order valence-corrected chi connectivity index (χ1v) is 5.12. The number of aromatic amines is 1. The second-order valence-corrected chi connectivity index (χ2v) is 3.62. The van der Waals surface area contributed by atoms with Crippen LogP contribution in [0.25, 0.3) is 10.9 Å². The number of hydrogen-bond acceptors (Lipinski definition) is 3. The van der Waals surface area contributed by atoms with Crippen LogP contribution in [0.15, 0.2) is 18.2 Å². The zero-order valence-corrected chi connectivity index (χ0v) is 9.20. The second kappa shape index (κ2) is 3.89. The molecule has 0 aliphatic heterocycles. The van der Waals surface area contributed by atoms with Crippen LogP contribution in [0, 0.1) is 6.92 Å². The van der Waals surface area contributed by atoms with Crippen molar-refractivity contribution in [3.63, 3.8) is 0 Å². The minimum Gasteiger partial charge on any atom is -0.505 e. The molecule has 4 heteroatoms. The van der Waals surface area contributed by atoms with E-state index in [4.69, 9.17) is 4.74 Å². The van der Waals surface area contributed by atoms with Crippen LogP contribution in [0.5, 0.6) is 5.75 Å². The molecule has 0 aliphatic carbocycles. The Balaban J connectivity index is 2.56. The molecule has 16 heavy (non-hydrogen) atoms. The summed E-state index contributed by atoms with van der Waals surface area (Å²) < 4.78 is 4.84. The number of aromatic nitrogens is 1. The summed E-state index contributed by atoms with van der Waals surface area (Å²) in [5.41, 5.74) is 1.87. The van der Waals surface area contributed by atoms with Gasteiger partial charge >= 0.3 is 5.97 Å². The average molecular weight is 219 g/mol. The van der Waals surface area contributed by atoms with Crippen molar-refractivity contribution in [1.29, 1.82) is 0 Å². The molecule has 1 aromatic carbocycles. The van der Waals surface area contributed by atoms with Crippen molar-refractivity contribution < 1.29 is 14.6 Å². The molecular weight excluding hydrogens is 206 g/mol. The van der Waals surface area contributed by atoms with Crippen LogP contribution in [-0.4, -0.2) is 22.7 Å². The monoisotopic (exact) mass is 219 g/mol. The van der Waals surface area contributed by atoms with Crippen LogP contribution in [-0.2, 0) is 4.74 Å². The van der Waals surface area contributed by atoms with Gasteiger partial charge in [-0.25, -0.2) is 4.79 Å². The van der Waals surface area contributed by atoms with E-state index >= 15 is 0 Å². The third kappa shape index (κ3) is 1.62. The molecule has 2 aromatic rings. The highest BCUT2D eigenvalue weighted by molar-refractivity contribution is 6.00. The highest BCUT2D eigenvalue weighted by atomic mass is 16.5. The van der Waals surface area contributed by atoms with Crippen molar-refractivity contribution in [2.75, 3.05) is 6.61 Å². The number of rotatable bonds is 2. The van der Waals surface area contributed by atoms with Crippen LogP contribution >= 0.6 is 0 Å². The summed E-state index contributed by atoms with van der Waals surface area (Å²) in [6.07, 6.45) is 0. The van der Waals surface area contributed by atoms with Gasteiger partial charge in [-0.3, -0.25) is 0 Å². The summed E-state index contributed by atoms with van der Waals surface area (Å²) in [7, 11) is 0. The number of H-pyrrole nitrogens is 1. The third-order valence-electron chi connectivity index (χ3n) is 2.41. The first kappa shape index (κ1) is 10.5. The molecule has 0 unspecified atom stereocenters. The molecule has 0 spiro atoms. The summed E-state index contributed by atoms with van der Waals surface area (Å²) in [5, 5.41) is 10.5. The molecule has 1 aromatic heterocycles. The number of nitrogens with one attached hydrogen (secondary N) is 1. The SMILES string of the molecule is CCOC(=O)c1[nH]c2ccc(C)cc2c1O. The number of fused-ring (bicyclic) bond motifs is 1. The van der Waals surface area contributed by atoms with Crippen LogP contribution in [0.1, 0.15) is 23.0 Å². The Kier molecular flexibility index (Phi) is 2.56. The highest BCUT2D eigenvalue weighted by Crippen LogP contribution is 2.29. The van der Waals surface area contributed by atoms with E-state index in [1.54, 1.807) is 6.92 Å². The van der Waals surface area contributed by atoms with Crippen molar-refractivity contribution in [2.45, 2.75) is 13.8 Å². The Hall–Kier alpha value is -1.97. The molecule has 2 rings (SSSR count). The lowest BCUT2D eigenvalue weighted by molar-refractivity contribution is 0.0517. The van der Waals surface area contributed by atoms with E-state index in [-0.39, 0.29) is 18.1 Å². The molecule has 1 heterocycles. The van der Waals surface area contributed by atoms with Gasteiger partial charge in [0.05, 0.1) is 6.61 Å². The number of esters is 1. The Labute approximate surface area is 92.9 Å². The summed E-state index contributed by atoms with van der Waals surface area (Å²) in [6, 6.07) is 5.56. The molecule has 0 aliphatic rings. The molecular formula is C12H13NO3. The number of benzene rings is 1. The zero-order chi connectivity index (χ0) is 11.7. The second-order valence-electron chi connectivity index (χ2n) is 3.62. The fourth-order valence-electron chi connectivity index (χ4n) is 1.64. The van der Waals surface area contributed by atoms with Gasteiger partial charge in [-0.15, -0.1) is 0 Å². The third-order valence-corrected chi connectivity index (χ3v) is 2.41. The van der Waals surface area contributed by atoms with Gasteiger partial charge < -0.3 is 14.8 Å². The van der Waals surface area contributed by atoms with E-state index in [0.29, 0.717) is 5.39 Å². The lowest BCUT2D eigenvalue weighted by Crippen LogP contribution is -2.04. The van der Waals surface area contributed by atoms with E-state index < -0.39 is 5.97 Å². The Bertz CT molecular complexity index is 542. The summed E-state index contributed by atoms with van der Waals surface area (Å²) in [5.74, 6) is -0.578. The maximum Gasteiger partial charge on any atom is 0.358 e. The Morgan fingerprint density at radius 1 is 1.50 bits per heavy atom. The van der Waals surface area contributed by atoms with Gasteiger partial charge in [-0.2, -0.15) is 0 Å². The normalized spacial score (nSPS) is 10.6. The molecule has 0 amide bonds. The Morgan fingerprint density at radius 2 is 2.25 bits per heavy atom. The van der Waals surface area contributed by atoms with E-state index in [0.717, 1.165) is 11.1 Å². The Morgan fingerprint density at radius 3 is 2.94 bits per heavy atom. The quantitative estimate of drug-likeness (QED) is 0.762. The maximum absolute atomic E-state index is 11.5. The predicted octanol–water partition coefficient (Wildman–Crippen LogP) is 2.36. The van der Waals surface area contributed by atoms with Crippen LogP contribution in [0.3, 0.4) is 0 Å². The topological polar surface area (TPSA) is 62.3 Å². The van der Waals surface area contributed by atoms with E-state index in [1.807, 2.05) is 25.1 Å². The molecule has 0 fully saturated rings. The van der Waals surface area contributed by atoms with Crippen molar-refractivity contribution in [3.8, 4) is 5.75 Å². The number of aryl methyl sites for hydroxylation is 1. The van der Waals surface area contributed by atoms with Gasteiger partial charge in [0.2, 0.25) is 0 Å². The van der Waals surface area contributed by atoms with Gasteiger partial charge in [0.25, 0.3) is 0 Å². The summed E-state index contributed by atoms with van der Waals surface area (Å²) in [4.78, 5) is 14.4. The lowest BCUT2D eigenvalue weighted by atomic mass is 10.1. The van der Waals surface area contributed by atoms with Gasteiger partial charge in [0.1, 0.15) is 0 Å². The van der Waals surface area contributed by atoms with Gasteiger partial charge in [0, 0.05) is 10.9 Å². The summed E-state index contributed by atoms with van der Waals surface area (Å²) in [6.45, 7) is 3.93. The number of aromatic hydroxyl groups is 1. The molecule has 0 atom stereocenters. The lowest BCUT2D eigenvalue weighted by Gasteiger charge is -1.98. The van der Waals surface area contributed by atoms with Crippen molar-refractivity contribution >= 4 is 16.9 Å². The van der Waals surface area contributed by atoms with Crippen molar-refractivity contribution in [2.24, 2.45) is 0 Å². The number of carbonyl (C=O) groups excluding carboxylic acids is 1. The number of hydrogen-bond donors (Lipinski definition) is 2. The smallest absolute Gasteiger partial charge is 0.358 e. The van der Waals surface area contributed by atoms with Crippen molar-refractivity contribution in [3.05, 3.63) is 29.5 Å². The molecule has 0 bridgehead atoms. The molecule has 0 saturated carbocycles. The fraction of sp³-hybridized carbons (Fsp3) is 0.250. The first-order valence-electron chi connectivity index (χ1n) is 5.12. The van der Waals surface area contributed by atoms with E-state index in [1.165, 1.54) is 0 Å². The maximum atomic E-state index is 11.5. The molecule has 2 N–H and O–H groups in total. The zero-order valence-electron chi connectivity index (χ0n) is 9.20. The molecule has 0 saturated heterocycles. The first-order chi connectivity index (χ1) is 7.63. The largest absolute Gasteiger partial charge is 0.505 e. The van der Waals surface area contributed by atoms with Crippen LogP contribution in [0.2, 0.25) is 0 Å². The molecule has 4 nitrogen and oxygen atoms in total. The standard InChI is InChI=1S/C12H13NO3/c1-3-16-12(15)10-11(14)8-6-7(2)4-5-9(8)13-10/h4-6,13-14H,3H2,1-2H3. The van der Waals surface area contributed by atoms with E-state index in [2.05, 4.69) is 4.98 Å². The minimum absolute atomic E-state index is 0.0443. The minimum atomic E-state index is -0.533. The summed E-state index contributed by atoms with van der Waals surface area (Å²) >= 11 is 0.